The van der Waals surface area contributed by atoms with Gasteiger partial charge in [0.2, 0.25) is 0 Å². The smallest absolute Gasteiger partial charge is 0.127 e. The number of rotatable bonds is 6. The van der Waals surface area contributed by atoms with Crippen molar-refractivity contribution in [1.82, 2.24) is 0 Å². The van der Waals surface area contributed by atoms with Crippen molar-refractivity contribution in [1.29, 1.82) is 0 Å². The van der Waals surface area contributed by atoms with Gasteiger partial charge in [0, 0.05) is 17.3 Å². The van der Waals surface area contributed by atoms with Crippen LogP contribution in [0.1, 0.15) is 25.0 Å². The molecular formula is C18H20Cl2O. The topological polar surface area (TPSA) is 9.23 Å². The Bertz CT molecular complexity index is 594. The van der Waals surface area contributed by atoms with Gasteiger partial charge in [-0.2, -0.15) is 0 Å². The summed E-state index contributed by atoms with van der Waals surface area (Å²) in [5.41, 5.74) is 4.34. The molecule has 0 radical (unpaired) electrons. The fourth-order valence-corrected chi connectivity index (χ4v) is 2.54. The van der Waals surface area contributed by atoms with Crippen LogP contribution in [-0.2, 0) is 11.8 Å². The highest BCUT2D eigenvalue weighted by Crippen LogP contribution is 2.34. The van der Waals surface area contributed by atoms with Crippen molar-refractivity contribution in [3.05, 3.63) is 53.6 Å². The third-order valence-electron chi connectivity index (χ3n) is 3.22. The molecule has 0 fully saturated rings. The lowest BCUT2D eigenvalue weighted by Gasteiger charge is -2.16. The van der Waals surface area contributed by atoms with Crippen LogP contribution in [0.5, 0.6) is 5.75 Å². The Kier molecular flexibility index (Phi) is 5.96. The summed E-state index contributed by atoms with van der Waals surface area (Å²) in [6, 6.07) is 14.2. The van der Waals surface area contributed by atoms with Gasteiger partial charge >= 0.3 is 0 Å². The molecule has 3 heteroatoms. The largest absolute Gasteiger partial charge is 0.493 e. The summed E-state index contributed by atoms with van der Waals surface area (Å²) in [5, 5.41) is 0. The van der Waals surface area contributed by atoms with Crippen LogP contribution in [0.15, 0.2) is 42.5 Å². The summed E-state index contributed by atoms with van der Waals surface area (Å²) in [6.45, 7) is 4.98. The Labute approximate surface area is 136 Å². The zero-order valence-electron chi connectivity index (χ0n) is 12.4. The lowest BCUT2D eigenvalue weighted by atomic mass is 9.97. The van der Waals surface area contributed by atoms with E-state index in [9.17, 15) is 0 Å². The molecule has 0 N–H and O–H groups in total. The van der Waals surface area contributed by atoms with Crippen molar-refractivity contribution >= 4 is 23.2 Å². The molecule has 0 spiro atoms. The molecule has 0 saturated heterocycles. The van der Waals surface area contributed by atoms with Crippen LogP contribution in [0.2, 0.25) is 0 Å². The van der Waals surface area contributed by atoms with Gasteiger partial charge in [0.1, 0.15) is 5.75 Å². The van der Waals surface area contributed by atoms with Crippen LogP contribution in [0.4, 0.5) is 0 Å². The van der Waals surface area contributed by atoms with Crippen LogP contribution >= 0.6 is 23.2 Å². The molecule has 0 atom stereocenters. The first-order valence-corrected chi connectivity index (χ1v) is 8.18. The SMILES string of the molecule is CC(C)COc1ccccc1-c1cc(CCl)ccc1CCl. The summed E-state index contributed by atoms with van der Waals surface area (Å²) < 4.78 is 5.95. The van der Waals surface area contributed by atoms with Crippen molar-refractivity contribution in [3.8, 4) is 16.9 Å². The Morgan fingerprint density at radius 3 is 2.38 bits per heavy atom. The minimum Gasteiger partial charge on any atom is -0.493 e. The lowest BCUT2D eigenvalue weighted by Crippen LogP contribution is -2.05. The van der Waals surface area contributed by atoms with E-state index in [0.717, 1.165) is 28.0 Å². The van der Waals surface area contributed by atoms with Gasteiger partial charge in [-0.25, -0.2) is 0 Å². The second-order valence-corrected chi connectivity index (χ2v) is 5.99. The number of alkyl halides is 2. The van der Waals surface area contributed by atoms with Crippen LogP contribution in [-0.4, -0.2) is 6.61 Å². The predicted octanol–water partition coefficient (Wildman–Crippen LogP) is 5.87. The van der Waals surface area contributed by atoms with E-state index in [2.05, 4.69) is 26.0 Å². The third-order valence-corrected chi connectivity index (χ3v) is 3.82. The van der Waals surface area contributed by atoms with E-state index < -0.39 is 0 Å². The molecule has 2 aromatic carbocycles. The van der Waals surface area contributed by atoms with Crippen molar-refractivity contribution in [3.63, 3.8) is 0 Å². The van der Waals surface area contributed by atoms with Gasteiger partial charge in [-0.3, -0.25) is 0 Å². The van der Waals surface area contributed by atoms with Gasteiger partial charge in [-0.05, 0) is 34.7 Å². The van der Waals surface area contributed by atoms with E-state index in [0.29, 0.717) is 24.3 Å². The van der Waals surface area contributed by atoms with Gasteiger partial charge in [0.25, 0.3) is 0 Å². The maximum atomic E-state index is 6.08. The minimum absolute atomic E-state index is 0.469. The molecule has 0 aliphatic carbocycles. The average molecular weight is 323 g/mol. The number of para-hydroxylation sites is 1. The molecule has 0 aromatic heterocycles. The monoisotopic (exact) mass is 322 g/mol. The molecule has 0 unspecified atom stereocenters. The Hall–Kier alpha value is -1.18. The highest BCUT2D eigenvalue weighted by atomic mass is 35.5. The maximum absolute atomic E-state index is 6.08. The number of halogens is 2. The second kappa shape index (κ2) is 7.72. The number of benzene rings is 2. The van der Waals surface area contributed by atoms with E-state index in [1.54, 1.807) is 0 Å². The Balaban J connectivity index is 2.45. The number of ether oxygens (including phenoxy) is 1. The molecule has 2 rings (SSSR count). The lowest BCUT2D eigenvalue weighted by molar-refractivity contribution is 0.272. The van der Waals surface area contributed by atoms with Crippen molar-refractivity contribution in [2.45, 2.75) is 25.6 Å². The molecule has 0 aliphatic heterocycles. The summed E-state index contributed by atoms with van der Waals surface area (Å²) in [4.78, 5) is 0. The molecule has 1 nitrogen and oxygen atoms in total. The van der Waals surface area contributed by atoms with Crippen molar-refractivity contribution in [2.24, 2.45) is 5.92 Å². The van der Waals surface area contributed by atoms with Gasteiger partial charge in [-0.1, -0.05) is 44.2 Å². The molecule has 0 heterocycles. The molecule has 0 amide bonds. The number of hydrogen-bond donors (Lipinski definition) is 0. The molecule has 2 aromatic rings. The summed E-state index contributed by atoms with van der Waals surface area (Å²) >= 11 is 12.0. The first kappa shape index (κ1) is 16.2. The van der Waals surface area contributed by atoms with Gasteiger partial charge < -0.3 is 4.74 Å². The fraction of sp³-hybridized carbons (Fsp3) is 0.333. The molecule has 112 valence electrons. The standard InChI is InChI=1S/C18H20Cl2O/c1-13(2)12-21-18-6-4-3-5-16(18)17-9-14(10-19)7-8-15(17)11-20/h3-9,13H,10-12H2,1-2H3. The van der Waals surface area contributed by atoms with Gasteiger partial charge in [0.15, 0.2) is 0 Å². The van der Waals surface area contributed by atoms with Crippen molar-refractivity contribution < 1.29 is 4.74 Å². The van der Waals surface area contributed by atoms with E-state index in [-0.39, 0.29) is 0 Å². The highest BCUT2D eigenvalue weighted by molar-refractivity contribution is 6.18. The molecular weight excluding hydrogens is 303 g/mol. The van der Waals surface area contributed by atoms with E-state index >= 15 is 0 Å². The Morgan fingerprint density at radius 2 is 1.71 bits per heavy atom. The van der Waals surface area contributed by atoms with Crippen LogP contribution in [0.3, 0.4) is 0 Å². The second-order valence-electron chi connectivity index (χ2n) is 5.46. The zero-order chi connectivity index (χ0) is 15.2. The highest BCUT2D eigenvalue weighted by Gasteiger charge is 2.11. The Morgan fingerprint density at radius 1 is 0.952 bits per heavy atom. The van der Waals surface area contributed by atoms with Crippen LogP contribution in [0.25, 0.3) is 11.1 Å². The number of hydrogen-bond acceptors (Lipinski definition) is 1. The molecule has 21 heavy (non-hydrogen) atoms. The first-order valence-electron chi connectivity index (χ1n) is 7.11. The van der Waals surface area contributed by atoms with Crippen LogP contribution < -0.4 is 4.74 Å². The predicted molar refractivity (Wildman–Crippen MR) is 91.3 cm³/mol. The minimum atomic E-state index is 0.469. The summed E-state index contributed by atoms with van der Waals surface area (Å²) in [7, 11) is 0. The molecule has 0 aliphatic rings. The van der Waals surface area contributed by atoms with Gasteiger partial charge in [0.05, 0.1) is 6.61 Å². The average Bonchev–Trinajstić information content (AvgIpc) is 2.52. The normalized spacial score (nSPS) is 10.9. The van der Waals surface area contributed by atoms with E-state index in [1.807, 2.05) is 30.3 Å². The van der Waals surface area contributed by atoms with Gasteiger partial charge in [-0.15, -0.1) is 23.2 Å². The zero-order valence-corrected chi connectivity index (χ0v) is 13.9. The first-order chi connectivity index (χ1) is 10.2. The third kappa shape index (κ3) is 4.15. The molecule has 0 saturated carbocycles. The summed E-state index contributed by atoms with van der Waals surface area (Å²) in [5.74, 6) is 2.34. The quantitative estimate of drug-likeness (QED) is 0.604. The fourth-order valence-electron chi connectivity index (χ4n) is 2.15. The molecule has 0 bridgehead atoms. The maximum Gasteiger partial charge on any atom is 0.127 e. The van der Waals surface area contributed by atoms with E-state index in [4.69, 9.17) is 27.9 Å². The van der Waals surface area contributed by atoms with E-state index in [1.165, 1.54) is 0 Å². The summed E-state index contributed by atoms with van der Waals surface area (Å²) in [6.07, 6.45) is 0. The van der Waals surface area contributed by atoms with Crippen molar-refractivity contribution in [2.75, 3.05) is 6.61 Å². The van der Waals surface area contributed by atoms with Crippen LogP contribution in [0, 0.1) is 5.92 Å².